The molecule has 3 aromatic carbocycles. The van der Waals surface area contributed by atoms with Crippen molar-refractivity contribution < 1.29 is 32.7 Å². The van der Waals surface area contributed by atoms with Crippen molar-refractivity contribution in [1.29, 1.82) is 0 Å². The number of aliphatic carboxylic acids is 1. The van der Waals surface area contributed by atoms with Crippen LogP contribution in [0, 0.1) is 12.8 Å². The third kappa shape index (κ3) is 9.42. The summed E-state index contributed by atoms with van der Waals surface area (Å²) in [5, 5.41) is 12.5. The minimum absolute atomic E-state index is 0.00257. The van der Waals surface area contributed by atoms with E-state index in [1.165, 1.54) is 30.2 Å². The monoisotopic (exact) mass is 702 g/mol. The molecule has 0 aromatic heterocycles. The number of para-hydroxylation sites is 1. The van der Waals surface area contributed by atoms with Gasteiger partial charge in [0, 0.05) is 31.4 Å². The minimum Gasteiger partial charge on any atom is -0.481 e. The summed E-state index contributed by atoms with van der Waals surface area (Å²) in [6.45, 7) is 2.04. The number of nitrogens with one attached hydrogen (secondary N) is 1. The van der Waals surface area contributed by atoms with Crippen LogP contribution in [0.5, 0.6) is 0 Å². The zero-order chi connectivity index (χ0) is 36.4. The van der Waals surface area contributed by atoms with E-state index < -0.39 is 58.0 Å². The Hall–Kier alpha value is -5.34. The molecule has 1 aliphatic heterocycles. The number of likely N-dealkylation sites (N-methyl/N-ethyl adjacent to an activating group) is 1. The summed E-state index contributed by atoms with van der Waals surface area (Å²) < 4.78 is 28.5. The normalized spacial score (nSPS) is 16.1. The van der Waals surface area contributed by atoms with Gasteiger partial charge in [-0.25, -0.2) is 8.42 Å². The van der Waals surface area contributed by atoms with Crippen molar-refractivity contribution in [2.45, 2.75) is 49.6 Å². The number of Topliss-reactive ketones (excluding diaryl/α,β-unsaturated/α-hetero) is 1. The number of carbonyl (C=O) groups excluding carboxylic acids is 3. The molecule has 0 spiro atoms. The van der Waals surface area contributed by atoms with Crippen molar-refractivity contribution in [1.82, 2.24) is 9.62 Å². The Kier molecular flexibility index (Phi) is 12.6. The maximum Gasteiger partial charge on any atom is 0.304 e. The van der Waals surface area contributed by atoms with E-state index in [-0.39, 0.29) is 48.8 Å². The third-order valence-corrected chi connectivity index (χ3v) is 10.3. The maximum absolute atomic E-state index is 14.3. The van der Waals surface area contributed by atoms with Crippen molar-refractivity contribution in [3.8, 4) is 0 Å². The molecule has 6 N–H and O–H groups in total. The zero-order valence-corrected chi connectivity index (χ0v) is 28.8. The molecule has 13 nitrogen and oxygen atoms in total. The first-order valence-electron chi connectivity index (χ1n) is 16.1. The average Bonchev–Trinajstić information content (AvgIpc) is 3.25. The highest BCUT2D eigenvalue weighted by molar-refractivity contribution is 7.89. The van der Waals surface area contributed by atoms with E-state index in [0.717, 1.165) is 9.87 Å². The number of carboxylic acids is 1. The number of ketones is 1. The van der Waals surface area contributed by atoms with Crippen LogP contribution < -0.4 is 21.7 Å². The van der Waals surface area contributed by atoms with Gasteiger partial charge in [0.25, 0.3) is 0 Å². The lowest BCUT2D eigenvalue weighted by molar-refractivity contribution is -0.139. The third-order valence-electron chi connectivity index (χ3n) is 8.43. The molecule has 3 atom stereocenters. The predicted molar refractivity (Wildman–Crippen MR) is 190 cm³/mol. The number of hydrogen-bond donors (Lipinski definition) is 4. The van der Waals surface area contributed by atoms with Crippen molar-refractivity contribution in [2.75, 3.05) is 25.0 Å². The van der Waals surface area contributed by atoms with Gasteiger partial charge in [-0.3, -0.25) is 24.2 Å². The number of nitrogens with two attached hydrogens (primary N) is 2. The zero-order valence-electron chi connectivity index (χ0n) is 27.9. The van der Waals surface area contributed by atoms with Gasteiger partial charge in [-0.05, 0) is 56.0 Å². The van der Waals surface area contributed by atoms with Crippen LogP contribution in [0.3, 0.4) is 0 Å². The highest BCUT2D eigenvalue weighted by Gasteiger charge is 2.38. The van der Waals surface area contributed by atoms with E-state index in [2.05, 4.69) is 10.3 Å². The Bertz CT molecular complexity index is 1840. The van der Waals surface area contributed by atoms with Gasteiger partial charge in [-0.15, -0.1) is 0 Å². The van der Waals surface area contributed by atoms with E-state index >= 15 is 0 Å². The number of carbonyl (C=O) groups is 4. The molecule has 0 aliphatic carbocycles. The molecule has 0 saturated carbocycles. The van der Waals surface area contributed by atoms with Gasteiger partial charge in [-0.1, -0.05) is 72.3 Å². The summed E-state index contributed by atoms with van der Waals surface area (Å²) in [5.74, 6) is -4.26. The second kappa shape index (κ2) is 16.9. The Labute approximate surface area is 291 Å². The molecule has 2 amide bonds. The standard InChI is InChI=1S/C36H42N6O7S/c1-24-15-17-29(18-16-24)50(48,49)41(2)30(14-9-20-39-36(37)38)34(46)40-32(33(45)25-10-5-3-6-11-25)26-19-21-42(28-12-7-4-8-13-28)35(47)27(22-26)23-31(43)44/h3-8,10-13,15-18,22,27,30,32H,9,14,19-21,23H2,1-2H3,(H,40,46)(H,43,44)(H4,37,38,39)/t27-,30+,32?/m1/s1. The van der Waals surface area contributed by atoms with Gasteiger partial charge in [0.05, 0.1) is 17.2 Å². The van der Waals surface area contributed by atoms with E-state index in [1.54, 1.807) is 72.8 Å². The van der Waals surface area contributed by atoms with E-state index in [9.17, 15) is 32.7 Å². The summed E-state index contributed by atoms with van der Waals surface area (Å²) in [6, 6.07) is 20.5. The summed E-state index contributed by atoms with van der Waals surface area (Å²) in [4.78, 5) is 59.5. The SMILES string of the molecule is Cc1ccc(S(=O)(=O)N(C)[C@@H](CCCN=C(N)N)C(=O)NC(C(=O)c2ccccc2)C2=C[C@H](CC(=O)O)C(=O)N(c3ccccc3)CC2)cc1. The van der Waals surface area contributed by atoms with Crippen LogP contribution in [-0.4, -0.2) is 79.6 Å². The summed E-state index contributed by atoms with van der Waals surface area (Å²) in [6.07, 6.45) is 1.25. The molecule has 264 valence electrons. The molecule has 3 aromatic rings. The number of aliphatic imine (C=N–C) groups is 1. The maximum atomic E-state index is 14.3. The lowest BCUT2D eigenvalue weighted by Gasteiger charge is -2.29. The van der Waals surface area contributed by atoms with Crippen molar-refractivity contribution in [2.24, 2.45) is 22.4 Å². The number of rotatable bonds is 15. The van der Waals surface area contributed by atoms with Crippen LogP contribution in [0.4, 0.5) is 5.69 Å². The topological polar surface area (TPSA) is 206 Å². The second-order valence-corrected chi connectivity index (χ2v) is 14.0. The lowest BCUT2D eigenvalue weighted by atomic mass is 9.91. The quantitative estimate of drug-likeness (QED) is 0.0603. The summed E-state index contributed by atoms with van der Waals surface area (Å²) >= 11 is 0. The Morgan fingerprint density at radius 1 is 1.00 bits per heavy atom. The van der Waals surface area contributed by atoms with Gasteiger partial charge in [-0.2, -0.15) is 4.31 Å². The highest BCUT2D eigenvalue weighted by Crippen LogP contribution is 2.28. The number of nitrogens with zero attached hydrogens (tertiary/aromatic N) is 3. The van der Waals surface area contributed by atoms with E-state index in [1.807, 2.05) is 6.92 Å². The number of hydrogen-bond acceptors (Lipinski definition) is 7. The first-order valence-corrected chi connectivity index (χ1v) is 17.5. The smallest absolute Gasteiger partial charge is 0.304 e. The Balaban J connectivity index is 1.75. The fourth-order valence-corrected chi connectivity index (χ4v) is 7.10. The molecule has 1 unspecified atom stereocenters. The molecule has 0 bridgehead atoms. The van der Waals surface area contributed by atoms with E-state index in [4.69, 9.17) is 11.5 Å². The molecule has 0 saturated heterocycles. The molecule has 14 heteroatoms. The molecule has 0 radical (unpaired) electrons. The number of carboxylic acid groups (broad SMARTS) is 1. The summed E-state index contributed by atoms with van der Waals surface area (Å²) in [5.41, 5.74) is 12.9. The summed E-state index contributed by atoms with van der Waals surface area (Å²) in [7, 11) is -2.90. The molecular formula is C36H42N6O7S. The molecular weight excluding hydrogens is 660 g/mol. The van der Waals surface area contributed by atoms with Crippen molar-refractivity contribution >= 4 is 45.2 Å². The highest BCUT2D eigenvalue weighted by atomic mass is 32.2. The first kappa shape index (κ1) is 37.5. The fourth-order valence-electron chi connectivity index (χ4n) is 5.75. The number of amides is 2. The van der Waals surface area contributed by atoms with Crippen LogP contribution >= 0.6 is 0 Å². The van der Waals surface area contributed by atoms with Crippen LogP contribution in [-0.2, 0) is 24.4 Å². The van der Waals surface area contributed by atoms with Crippen LogP contribution in [0.1, 0.15) is 41.6 Å². The number of benzene rings is 3. The molecule has 50 heavy (non-hydrogen) atoms. The molecule has 0 fully saturated rings. The fraction of sp³-hybridized carbons (Fsp3) is 0.306. The van der Waals surface area contributed by atoms with Gasteiger partial charge in [0.1, 0.15) is 12.1 Å². The number of anilines is 1. The molecule has 1 aliphatic rings. The van der Waals surface area contributed by atoms with E-state index in [0.29, 0.717) is 11.3 Å². The Morgan fingerprint density at radius 3 is 2.22 bits per heavy atom. The first-order chi connectivity index (χ1) is 23.8. The molecule has 1 heterocycles. The van der Waals surface area contributed by atoms with Gasteiger partial charge in [0.15, 0.2) is 11.7 Å². The minimum atomic E-state index is -4.19. The van der Waals surface area contributed by atoms with Crippen molar-refractivity contribution in [3.05, 3.63) is 108 Å². The van der Waals surface area contributed by atoms with Crippen LogP contribution in [0.2, 0.25) is 0 Å². The lowest BCUT2D eigenvalue weighted by Crippen LogP contribution is -2.52. The van der Waals surface area contributed by atoms with Crippen molar-refractivity contribution in [3.63, 3.8) is 0 Å². The number of guanidine groups is 1. The Morgan fingerprint density at radius 2 is 1.62 bits per heavy atom. The number of aryl methyl sites for hydroxylation is 1. The van der Waals surface area contributed by atoms with Gasteiger partial charge in [0.2, 0.25) is 21.8 Å². The van der Waals surface area contributed by atoms with Crippen LogP contribution in [0.15, 0.2) is 106 Å². The van der Waals surface area contributed by atoms with Crippen LogP contribution in [0.25, 0.3) is 0 Å². The molecule has 4 rings (SSSR count). The second-order valence-electron chi connectivity index (χ2n) is 12.0. The van der Waals surface area contributed by atoms with Gasteiger partial charge < -0.3 is 26.8 Å². The largest absolute Gasteiger partial charge is 0.481 e. The number of sulfonamides is 1. The van der Waals surface area contributed by atoms with Gasteiger partial charge >= 0.3 is 5.97 Å². The predicted octanol–water partition coefficient (Wildman–Crippen LogP) is 2.86. The average molecular weight is 703 g/mol.